The third-order valence-corrected chi connectivity index (χ3v) is 6.40. The van der Waals surface area contributed by atoms with Crippen molar-refractivity contribution in [1.29, 1.82) is 0 Å². The molecule has 1 rings (SSSR count). The van der Waals surface area contributed by atoms with E-state index in [1.807, 2.05) is 0 Å². The molecule has 0 radical (unpaired) electrons. The van der Waals surface area contributed by atoms with Gasteiger partial charge < -0.3 is 18.9 Å². The van der Waals surface area contributed by atoms with Gasteiger partial charge in [-0.2, -0.15) is 0 Å². The Morgan fingerprint density at radius 1 is 0.500 bits per heavy atom. The Morgan fingerprint density at radius 2 is 0.889 bits per heavy atom. The van der Waals surface area contributed by atoms with Crippen LogP contribution in [0.4, 0.5) is 0 Å². The third-order valence-electron chi connectivity index (χ3n) is 6.40. The summed E-state index contributed by atoms with van der Waals surface area (Å²) in [5.41, 5.74) is 0.643. The van der Waals surface area contributed by atoms with Crippen LogP contribution in [0.5, 0.6) is 5.75 Å². The average molecular weight is 507 g/mol. The molecular formula is C31H54O5. The van der Waals surface area contributed by atoms with Crippen molar-refractivity contribution < 1.29 is 23.7 Å². The fourth-order valence-electron chi connectivity index (χ4n) is 4.16. The summed E-state index contributed by atoms with van der Waals surface area (Å²) in [5.74, 6) is 0.738. The molecular weight excluding hydrogens is 452 g/mol. The third kappa shape index (κ3) is 21.8. The number of benzene rings is 1. The molecule has 1 aromatic carbocycles. The summed E-state index contributed by atoms with van der Waals surface area (Å²) < 4.78 is 22.2. The second-order valence-corrected chi connectivity index (χ2v) is 9.68. The first-order valence-corrected chi connectivity index (χ1v) is 14.8. The van der Waals surface area contributed by atoms with Crippen LogP contribution in [0.25, 0.3) is 0 Å². The SMILES string of the molecule is CCCCCCCCCCCCCCCCCCOCCOCCOCCOc1ccc(C=O)cc1. The number of carbonyl (C=O) groups is 1. The van der Waals surface area contributed by atoms with Gasteiger partial charge in [0.05, 0.1) is 33.0 Å². The second-order valence-electron chi connectivity index (χ2n) is 9.68. The Bertz CT molecular complexity index is 575. The molecule has 0 fully saturated rings. The highest BCUT2D eigenvalue weighted by Gasteiger charge is 1.97. The molecule has 0 saturated carbocycles. The van der Waals surface area contributed by atoms with Crippen LogP contribution in [0.15, 0.2) is 24.3 Å². The van der Waals surface area contributed by atoms with E-state index in [0.29, 0.717) is 45.2 Å². The number of ether oxygens (including phenoxy) is 4. The fourth-order valence-corrected chi connectivity index (χ4v) is 4.16. The number of hydrogen-bond acceptors (Lipinski definition) is 5. The highest BCUT2D eigenvalue weighted by Crippen LogP contribution is 2.14. The number of unbranched alkanes of at least 4 members (excludes halogenated alkanes) is 15. The standard InChI is InChI=1S/C31H54O5/c1-2-3-4-5-6-7-8-9-10-11-12-13-14-15-16-17-22-33-23-24-34-25-26-35-27-28-36-31-20-18-30(29-32)19-21-31/h18-21,29H,2-17,22-28H2,1H3. The van der Waals surface area contributed by atoms with Gasteiger partial charge in [0, 0.05) is 12.2 Å². The summed E-state index contributed by atoms with van der Waals surface area (Å²) in [7, 11) is 0. The predicted molar refractivity (Wildman–Crippen MR) is 149 cm³/mol. The van der Waals surface area contributed by atoms with E-state index >= 15 is 0 Å². The number of hydrogen-bond donors (Lipinski definition) is 0. The van der Waals surface area contributed by atoms with Crippen LogP contribution in [0.3, 0.4) is 0 Å². The van der Waals surface area contributed by atoms with Crippen molar-refractivity contribution >= 4 is 6.29 Å². The lowest BCUT2D eigenvalue weighted by Gasteiger charge is -2.08. The molecule has 0 atom stereocenters. The van der Waals surface area contributed by atoms with Crippen molar-refractivity contribution in [3.8, 4) is 5.75 Å². The van der Waals surface area contributed by atoms with E-state index in [2.05, 4.69) is 6.92 Å². The summed E-state index contributed by atoms with van der Waals surface area (Å²) in [5, 5.41) is 0. The molecule has 0 aromatic heterocycles. The maximum atomic E-state index is 10.6. The van der Waals surface area contributed by atoms with E-state index in [1.54, 1.807) is 24.3 Å². The lowest BCUT2D eigenvalue weighted by Crippen LogP contribution is -2.13. The molecule has 0 N–H and O–H groups in total. The first-order valence-electron chi connectivity index (χ1n) is 14.8. The maximum Gasteiger partial charge on any atom is 0.150 e. The summed E-state index contributed by atoms with van der Waals surface area (Å²) in [6.45, 7) is 6.48. The molecule has 0 bridgehead atoms. The van der Waals surface area contributed by atoms with Gasteiger partial charge >= 0.3 is 0 Å². The van der Waals surface area contributed by atoms with Crippen molar-refractivity contribution in [3.05, 3.63) is 29.8 Å². The van der Waals surface area contributed by atoms with Crippen LogP contribution >= 0.6 is 0 Å². The van der Waals surface area contributed by atoms with Crippen LogP contribution in [-0.2, 0) is 14.2 Å². The largest absolute Gasteiger partial charge is 0.491 e. The van der Waals surface area contributed by atoms with E-state index in [-0.39, 0.29) is 0 Å². The topological polar surface area (TPSA) is 54.0 Å². The van der Waals surface area contributed by atoms with Gasteiger partial charge in [-0.15, -0.1) is 0 Å². The molecule has 0 aliphatic heterocycles. The Balaban J connectivity index is 1.67. The lowest BCUT2D eigenvalue weighted by atomic mass is 10.0. The molecule has 36 heavy (non-hydrogen) atoms. The molecule has 0 unspecified atom stereocenters. The van der Waals surface area contributed by atoms with Gasteiger partial charge in [-0.05, 0) is 30.7 Å². The van der Waals surface area contributed by atoms with Crippen molar-refractivity contribution in [1.82, 2.24) is 0 Å². The van der Waals surface area contributed by atoms with Gasteiger partial charge in [-0.25, -0.2) is 0 Å². The minimum atomic E-state index is 0.475. The molecule has 5 heteroatoms. The van der Waals surface area contributed by atoms with E-state index in [9.17, 15) is 4.79 Å². The summed E-state index contributed by atoms with van der Waals surface area (Å²) in [4.78, 5) is 10.6. The van der Waals surface area contributed by atoms with Crippen LogP contribution < -0.4 is 4.74 Å². The first-order chi connectivity index (χ1) is 17.9. The van der Waals surface area contributed by atoms with Gasteiger partial charge in [0.1, 0.15) is 18.6 Å². The van der Waals surface area contributed by atoms with E-state index in [0.717, 1.165) is 25.1 Å². The molecule has 0 heterocycles. The zero-order chi connectivity index (χ0) is 25.8. The molecule has 0 saturated heterocycles. The minimum Gasteiger partial charge on any atom is -0.491 e. The monoisotopic (exact) mass is 506 g/mol. The van der Waals surface area contributed by atoms with Gasteiger partial charge in [0.2, 0.25) is 0 Å². The Hall–Kier alpha value is -1.43. The second kappa shape index (κ2) is 26.6. The van der Waals surface area contributed by atoms with E-state index < -0.39 is 0 Å². The van der Waals surface area contributed by atoms with Crippen LogP contribution in [0, 0.1) is 0 Å². The summed E-state index contributed by atoms with van der Waals surface area (Å²) >= 11 is 0. The average Bonchev–Trinajstić information content (AvgIpc) is 2.91. The molecule has 0 spiro atoms. The van der Waals surface area contributed by atoms with Gasteiger partial charge in [-0.3, -0.25) is 4.79 Å². The molecule has 0 aliphatic rings. The number of aldehydes is 1. The smallest absolute Gasteiger partial charge is 0.150 e. The van der Waals surface area contributed by atoms with Gasteiger partial charge in [0.15, 0.2) is 0 Å². The maximum absolute atomic E-state index is 10.6. The zero-order valence-corrected chi connectivity index (χ0v) is 23.2. The van der Waals surface area contributed by atoms with E-state index in [1.165, 1.54) is 96.3 Å². The van der Waals surface area contributed by atoms with Crippen molar-refractivity contribution in [2.75, 3.05) is 46.2 Å². The quantitative estimate of drug-likeness (QED) is 0.0847. The number of rotatable bonds is 28. The summed E-state index contributed by atoms with van der Waals surface area (Å²) in [6.07, 6.45) is 23.1. The fraction of sp³-hybridized carbons (Fsp3) is 0.774. The highest BCUT2D eigenvalue weighted by atomic mass is 16.6. The Kier molecular flexibility index (Phi) is 24.1. The van der Waals surface area contributed by atoms with Crippen LogP contribution in [0.1, 0.15) is 120 Å². The van der Waals surface area contributed by atoms with Crippen molar-refractivity contribution in [2.45, 2.75) is 110 Å². The van der Waals surface area contributed by atoms with Crippen LogP contribution in [0.2, 0.25) is 0 Å². The van der Waals surface area contributed by atoms with Crippen LogP contribution in [-0.4, -0.2) is 52.5 Å². The summed E-state index contributed by atoms with van der Waals surface area (Å²) in [6, 6.07) is 7.04. The predicted octanol–water partition coefficient (Wildman–Crippen LogP) is 8.19. The van der Waals surface area contributed by atoms with Gasteiger partial charge in [-0.1, -0.05) is 103 Å². The Morgan fingerprint density at radius 3 is 1.33 bits per heavy atom. The normalized spacial score (nSPS) is 11.1. The van der Waals surface area contributed by atoms with Crippen molar-refractivity contribution in [2.24, 2.45) is 0 Å². The molecule has 0 aliphatic carbocycles. The highest BCUT2D eigenvalue weighted by molar-refractivity contribution is 5.74. The lowest BCUT2D eigenvalue weighted by molar-refractivity contribution is 0.00878. The molecule has 1 aromatic rings. The molecule has 5 nitrogen and oxygen atoms in total. The molecule has 0 amide bonds. The minimum absolute atomic E-state index is 0.475. The van der Waals surface area contributed by atoms with Crippen molar-refractivity contribution in [3.63, 3.8) is 0 Å². The Labute approximate surface area is 221 Å². The number of carbonyl (C=O) groups excluding carboxylic acids is 1. The van der Waals surface area contributed by atoms with E-state index in [4.69, 9.17) is 18.9 Å². The van der Waals surface area contributed by atoms with Gasteiger partial charge in [0.25, 0.3) is 0 Å². The zero-order valence-electron chi connectivity index (χ0n) is 23.2. The molecule has 208 valence electrons. The first kappa shape index (κ1) is 32.6.